The lowest BCUT2D eigenvalue weighted by molar-refractivity contribution is -0.138. The van der Waals surface area contributed by atoms with E-state index in [1.165, 1.54) is 5.56 Å². The Labute approximate surface area is 107 Å². The molecule has 1 aliphatic rings. The highest BCUT2D eigenvalue weighted by Crippen LogP contribution is 2.34. The Bertz CT molecular complexity index is 463. The number of ether oxygens (including phenoxy) is 1. The highest BCUT2D eigenvalue weighted by Gasteiger charge is 2.23. The topological polar surface area (TPSA) is 58.6 Å². The van der Waals surface area contributed by atoms with Gasteiger partial charge in [0.05, 0.1) is 18.7 Å². The van der Waals surface area contributed by atoms with Crippen LogP contribution < -0.4 is 10.1 Å². The number of hydrogen-bond donors (Lipinski definition) is 2. The Morgan fingerprint density at radius 1 is 1.50 bits per heavy atom. The third-order valence-electron chi connectivity index (χ3n) is 3.06. The van der Waals surface area contributed by atoms with Gasteiger partial charge in [-0.05, 0) is 23.1 Å². The molecule has 0 amide bonds. The maximum Gasteiger partial charge on any atom is 0.307 e. The summed E-state index contributed by atoms with van der Waals surface area (Å²) in [6.07, 6.45) is -0.275. The van der Waals surface area contributed by atoms with E-state index in [1.54, 1.807) is 0 Å². The lowest BCUT2D eigenvalue weighted by Gasteiger charge is -2.28. The summed E-state index contributed by atoms with van der Waals surface area (Å²) in [6.45, 7) is 7.01. The van der Waals surface area contributed by atoms with Crippen molar-refractivity contribution in [2.75, 3.05) is 11.9 Å². The monoisotopic (exact) mass is 249 g/mol. The molecule has 1 aromatic carbocycles. The average molecular weight is 249 g/mol. The maximum absolute atomic E-state index is 10.7. The lowest BCUT2D eigenvalue weighted by atomic mass is 9.86. The molecule has 4 nitrogen and oxygen atoms in total. The number of fused-ring (bicyclic) bond motifs is 1. The summed E-state index contributed by atoms with van der Waals surface area (Å²) in [5.74, 6) is -0.0999. The van der Waals surface area contributed by atoms with Gasteiger partial charge in [0.25, 0.3) is 0 Å². The van der Waals surface area contributed by atoms with Crippen molar-refractivity contribution in [2.45, 2.75) is 38.7 Å². The minimum Gasteiger partial charge on any atom is -0.486 e. The highest BCUT2D eigenvalue weighted by molar-refractivity contribution is 5.68. The molecule has 0 spiro atoms. The first-order chi connectivity index (χ1) is 8.36. The van der Waals surface area contributed by atoms with Crippen LogP contribution in [0, 0.1) is 0 Å². The van der Waals surface area contributed by atoms with Gasteiger partial charge in [-0.2, -0.15) is 0 Å². The van der Waals surface area contributed by atoms with Crippen LogP contribution in [0.25, 0.3) is 0 Å². The van der Waals surface area contributed by atoms with Crippen LogP contribution in [0.2, 0.25) is 0 Å². The summed E-state index contributed by atoms with van der Waals surface area (Å²) in [5, 5.41) is 12.0. The molecule has 0 aliphatic carbocycles. The largest absolute Gasteiger partial charge is 0.486 e. The Hall–Kier alpha value is -1.71. The molecule has 0 saturated heterocycles. The predicted octanol–water partition coefficient (Wildman–Crippen LogP) is 2.63. The smallest absolute Gasteiger partial charge is 0.307 e. The summed E-state index contributed by atoms with van der Waals surface area (Å²) in [4.78, 5) is 10.7. The van der Waals surface area contributed by atoms with Gasteiger partial charge in [-0.15, -0.1) is 0 Å². The van der Waals surface area contributed by atoms with Crippen LogP contribution in [-0.4, -0.2) is 23.7 Å². The van der Waals surface area contributed by atoms with E-state index in [9.17, 15) is 4.79 Å². The first-order valence-electron chi connectivity index (χ1n) is 6.13. The van der Waals surface area contributed by atoms with Gasteiger partial charge in [0, 0.05) is 0 Å². The molecular weight excluding hydrogens is 230 g/mol. The molecule has 98 valence electrons. The number of carboxylic acids is 1. The fourth-order valence-electron chi connectivity index (χ4n) is 1.99. The second-order valence-electron chi connectivity index (χ2n) is 5.68. The van der Waals surface area contributed by atoms with Crippen molar-refractivity contribution in [2.24, 2.45) is 0 Å². The van der Waals surface area contributed by atoms with E-state index in [0.29, 0.717) is 6.54 Å². The van der Waals surface area contributed by atoms with Crippen molar-refractivity contribution in [1.29, 1.82) is 0 Å². The quantitative estimate of drug-likeness (QED) is 0.846. The summed E-state index contributed by atoms with van der Waals surface area (Å²) in [7, 11) is 0. The average Bonchev–Trinajstić information content (AvgIpc) is 2.26. The van der Waals surface area contributed by atoms with E-state index < -0.39 is 5.97 Å². The van der Waals surface area contributed by atoms with Gasteiger partial charge in [-0.25, -0.2) is 0 Å². The van der Waals surface area contributed by atoms with E-state index in [-0.39, 0.29) is 17.9 Å². The molecule has 0 fully saturated rings. The molecule has 4 heteroatoms. The van der Waals surface area contributed by atoms with Crippen molar-refractivity contribution in [3.8, 4) is 5.75 Å². The van der Waals surface area contributed by atoms with E-state index in [1.807, 2.05) is 12.1 Å². The van der Waals surface area contributed by atoms with E-state index in [2.05, 4.69) is 32.2 Å². The second-order valence-corrected chi connectivity index (χ2v) is 5.68. The van der Waals surface area contributed by atoms with Gasteiger partial charge in [0.15, 0.2) is 0 Å². The molecule has 0 aromatic heterocycles. The zero-order valence-electron chi connectivity index (χ0n) is 11.0. The van der Waals surface area contributed by atoms with Gasteiger partial charge < -0.3 is 15.2 Å². The van der Waals surface area contributed by atoms with Gasteiger partial charge in [-0.1, -0.05) is 26.8 Å². The molecule has 2 N–H and O–H groups in total. The molecule has 2 rings (SSSR count). The summed E-state index contributed by atoms with van der Waals surface area (Å²) >= 11 is 0. The molecule has 0 bridgehead atoms. The Morgan fingerprint density at radius 3 is 2.83 bits per heavy atom. The number of anilines is 1. The number of aliphatic carboxylic acids is 1. The number of carboxylic acid groups (broad SMARTS) is 1. The van der Waals surface area contributed by atoms with E-state index in [4.69, 9.17) is 9.84 Å². The SMILES string of the molecule is CC(C)(C)c1ccc2c(c1)NCC(CC(=O)O)O2. The Morgan fingerprint density at radius 2 is 2.22 bits per heavy atom. The standard InChI is InChI=1S/C14H19NO3/c1-14(2,3)9-4-5-12-11(6-9)15-8-10(18-12)7-13(16)17/h4-6,10,15H,7-8H2,1-3H3,(H,16,17). The van der Waals surface area contributed by atoms with Crippen molar-refractivity contribution >= 4 is 11.7 Å². The zero-order chi connectivity index (χ0) is 13.3. The maximum atomic E-state index is 10.7. The first kappa shape index (κ1) is 12.7. The predicted molar refractivity (Wildman–Crippen MR) is 70.3 cm³/mol. The minimum absolute atomic E-state index is 0.0213. The normalized spacial score (nSPS) is 18.5. The highest BCUT2D eigenvalue weighted by atomic mass is 16.5. The second kappa shape index (κ2) is 4.52. The van der Waals surface area contributed by atoms with Crippen molar-refractivity contribution in [3.05, 3.63) is 23.8 Å². The molecule has 0 saturated carbocycles. The Kier molecular flexibility index (Phi) is 3.20. The minimum atomic E-state index is -0.837. The number of benzene rings is 1. The van der Waals surface area contributed by atoms with E-state index >= 15 is 0 Å². The van der Waals surface area contributed by atoms with Crippen molar-refractivity contribution < 1.29 is 14.6 Å². The molecule has 1 aromatic rings. The number of rotatable bonds is 2. The van der Waals surface area contributed by atoms with Crippen molar-refractivity contribution in [1.82, 2.24) is 0 Å². The molecule has 1 heterocycles. The number of nitrogens with one attached hydrogen (secondary N) is 1. The molecule has 0 radical (unpaired) electrons. The lowest BCUT2D eigenvalue weighted by Crippen LogP contribution is -2.33. The van der Waals surface area contributed by atoms with Crippen LogP contribution >= 0.6 is 0 Å². The van der Waals surface area contributed by atoms with Crippen LogP contribution in [0.3, 0.4) is 0 Å². The Balaban J connectivity index is 2.18. The van der Waals surface area contributed by atoms with Crippen LogP contribution in [-0.2, 0) is 10.2 Å². The fourth-order valence-corrected chi connectivity index (χ4v) is 1.99. The third-order valence-corrected chi connectivity index (χ3v) is 3.06. The van der Waals surface area contributed by atoms with Gasteiger partial charge in [-0.3, -0.25) is 4.79 Å². The van der Waals surface area contributed by atoms with Crippen LogP contribution in [0.5, 0.6) is 5.75 Å². The molecular formula is C14H19NO3. The molecule has 1 unspecified atom stereocenters. The first-order valence-corrected chi connectivity index (χ1v) is 6.13. The number of carbonyl (C=O) groups is 1. The zero-order valence-corrected chi connectivity index (χ0v) is 11.0. The molecule has 1 aliphatic heterocycles. The molecule has 18 heavy (non-hydrogen) atoms. The van der Waals surface area contributed by atoms with Crippen LogP contribution in [0.4, 0.5) is 5.69 Å². The van der Waals surface area contributed by atoms with Gasteiger partial charge in [0.2, 0.25) is 0 Å². The van der Waals surface area contributed by atoms with E-state index in [0.717, 1.165) is 11.4 Å². The fraction of sp³-hybridized carbons (Fsp3) is 0.500. The molecule has 1 atom stereocenters. The summed E-state index contributed by atoms with van der Waals surface area (Å²) in [6, 6.07) is 6.02. The van der Waals surface area contributed by atoms with Gasteiger partial charge >= 0.3 is 5.97 Å². The number of hydrogen-bond acceptors (Lipinski definition) is 3. The third kappa shape index (κ3) is 2.75. The van der Waals surface area contributed by atoms with Crippen LogP contribution in [0.1, 0.15) is 32.8 Å². The van der Waals surface area contributed by atoms with Crippen LogP contribution in [0.15, 0.2) is 18.2 Å². The summed E-state index contributed by atoms with van der Waals surface area (Å²) in [5.41, 5.74) is 2.27. The van der Waals surface area contributed by atoms with Gasteiger partial charge in [0.1, 0.15) is 11.9 Å². The van der Waals surface area contributed by atoms with Crippen molar-refractivity contribution in [3.63, 3.8) is 0 Å². The summed E-state index contributed by atoms with van der Waals surface area (Å²) < 4.78 is 5.67.